The van der Waals surface area contributed by atoms with Gasteiger partial charge in [0.05, 0.1) is 12.6 Å². The molecule has 3 N–H and O–H groups in total. The topological polar surface area (TPSA) is 95.6 Å². The molecular formula is C24H22N6O. The van der Waals surface area contributed by atoms with Crippen molar-refractivity contribution >= 4 is 11.6 Å². The molecule has 1 aliphatic rings. The number of aromatic amines is 1. The number of aryl methyl sites for hydroxylation is 1. The van der Waals surface area contributed by atoms with E-state index in [-0.39, 0.29) is 11.9 Å². The number of hydrogen-bond acceptors (Lipinski definition) is 5. The van der Waals surface area contributed by atoms with Gasteiger partial charge in [0, 0.05) is 29.2 Å². The fourth-order valence-corrected chi connectivity index (χ4v) is 3.91. The third kappa shape index (κ3) is 4.16. The largest absolute Gasteiger partial charge is 0.378 e. The van der Waals surface area contributed by atoms with Crippen LogP contribution in [0.25, 0.3) is 11.4 Å². The lowest BCUT2D eigenvalue weighted by molar-refractivity contribution is 0.0937. The third-order valence-electron chi connectivity index (χ3n) is 5.49. The molecule has 5 rings (SSSR count). The zero-order valence-electron chi connectivity index (χ0n) is 16.9. The Morgan fingerprint density at radius 1 is 1.06 bits per heavy atom. The highest BCUT2D eigenvalue weighted by molar-refractivity contribution is 5.95. The predicted molar refractivity (Wildman–Crippen MR) is 118 cm³/mol. The van der Waals surface area contributed by atoms with Crippen molar-refractivity contribution in [3.8, 4) is 11.4 Å². The molecule has 1 amide bonds. The van der Waals surface area contributed by atoms with Gasteiger partial charge in [-0.3, -0.25) is 14.9 Å². The molecule has 2 heterocycles. The summed E-state index contributed by atoms with van der Waals surface area (Å²) in [5.41, 5.74) is 4.93. The zero-order valence-corrected chi connectivity index (χ0v) is 16.9. The predicted octanol–water partition coefficient (Wildman–Crippen LogP) is 3.90. The van der Waals surface area contributed by atoms with E-state index in [2.05, 4.69) is 42.9 Å². The van der Waals surface area contributed by atoms with Crippen LogP contribution in [0.4, 0.5) is 5.69 Å². The minimum Gasteiger partial charge on any atom is -0.378 e. The average Bonchev–Trinajstić information content (AvgIpc) is 3.46. The maximum Gasteiger partial charge on any atom is 0.251 e. The summed E-state index contributed by atoms with van der Waals surface area (Å²) < 4.78 is 0. The van der Waals surface area contributed by atoms with Crippen LogP contribution < -0.4 is 10.6 Å². The van der Waals surface area contributed by atoms with E-state index in [0.29, 0.717) is 23.8 Å². The van der Waals surface area contributed by atoms with E-state index in [1.54, 1.807) is 12.4 Å². The lowest BCUT2D eigenvalue weighted by Gasteiger charge is -2.15. The van der Waals surface area contributed by atoms with Gasteiger partial charge in [0.15, 0.2) is 5.82 Å². The molecule has 0 saturated heterocycles. The average molecular weight is 410 g/mol. The van der Waals surface area contributed by atoms with Crippen molar-refractivity contribution in [2.24, 2.45) is 0 Å². The first-order valence-electron chi connectivity index (χ1n) is 10.3. The highest BCUT2D eigenvalue weighted by Crippen LogP contribution is 2.31. The number of rotatable bonds is 6. The Morgan fingerprint density at radius 3 is 2.84 bits per heavy atom. The van der Waals surface area contributed by atoms with Crippen LogP contribution in [0.15, 0.2) is 73.1 Å². The Morgan fingerprint density at radius 2 is 1.94 bits per heavy atom. The number of nitrogens with zero attached hydrogens (tertiary/aromatic N) is 3. The number of fused-ring (bicyclic) bond motifs is 1. The van der Waals surface area contributed by atoms with Gasteiger partial charge in [-0.1, -0.05) is 30.3 Å². The lowest BCUT2D eigenvalue weighted by atomic mass is 10.1. The van der Waals surface area contributed by atoms with Crippen molar-refractivity contribution in [1.29, 1.82) is 0 Å². The van der Waals surface area contributed by atoms with E-state index in [4.69, 9.17) is 0 Å². The first-order chi connectivity index (χ1) is 15.3. The first-order valence-corrected chi connectivity index (χ1v) is 10.3. The van der Waals surface area contributed by atoms with Gasteiger partial charge in [-0.15, -0.1) is 0 Å². The lowest BCUT2D eigenvalue weighted by Crippen LogP contribution is -2.27. The second-order valence-electron chi connectivity index (χ2n) is 7.54. The van der Waals surface area contributed by atoms with Crippen LogP contribution in [0.5, 0.6) is 0 Å². The van der Waals surface area contributed by atoms with Crippen LogP contribution in [0.3, 0.4) is 0 Å². The Hall–Kier alpha value is -4.00. The summed E-state index contributed by atoms with van der Waals surface area (Å²) in [6.07, 6.45) is 5.37. The molecule has 31 heavy (non-hydrogen) atoms. The Balaban J connectivity index is 1.23. The summed E-state index contributed by atoms with van der Waals surface area (Å²) >= 11 is 0. The van der Waals surface area contributed by atoms with E-state index in [1.807, 2.05) is 48.5 Å². The van der Waals surface area contributed by atoms with Crippen molar-refractivity contribution in [2.75, 3.05) is 5.32 Å². The van der Waals surface area contributed by atoms with E-state index < -0.39 is 0 Å². The number of nitrogens with one attached hydrogen (secondary N) is 3. The standard InChI is InChI=1S/C24H22N6O/c31-24(27-21-9-8-16-4-1-2-7-20(16)21)18-5-3-6-19(14-18)26-15-22-28-23(30-29-22)17-10-12-25-13-11-17/h1-7,10-14,21,26H,8-9,15H2,(H,27,31)(H,28,29,30). The second-order valence-corrected chi connectivity index (χ2v) is 7.54. The van der Waals surface area contributed by atoms with Gasteiger partial charge in [0.1, 0.15) is 5.82 Å². The van der Waals surface area contributed by atoms with Crippen LogP contribution in [0.2, 0.25) is 0 Å². The molecule has 2 aromatic carbocycles. The molecule has 4 aromatic rings. The van der Waals surface area contributed by atoms with Crippen molar-refractivity contribution < 1.29 is 4.79 Å². The van der Waals surface area contributed by atoms with Crippen molar-refractivity contribution in [3.05, 3.63) is 95.6 Å². The molecule has 1 unspecified atom stereocenters. The Bertz CT molecular complexity index is 1200. The number of anilines is 1. The summed E-state index contributed by atoms with van der Waals surface area (Å²) in [5.74, 6) is 1.28. The van der Waals surface area contributed by atoms with Crippen molar-refractivity contribution in [1.82, 2.24) is 25.5 Å². The van der Waals surface area contributed by atoms with Crippen LogP contribution in [-0.4, -0.2) is 26.1 Å². The van der Waals surface area contributed by atoms with E-state index in [0.717, 1.165) is 24.1 Å². The van der Waals surface area contributed by atoms with Crippen LogP contribution >= 0.6 is 0 Å². The molecule has 7 heteroatoms. The van der Waals surface area contributed by atoms with Gasteiger partial charge in [-0.05, 0) is 54.3 Å². The van der Waals surface area contributed by atoms with E-state index >= 15 is 0 Å². The van der Waals surface area contributed by atoms with Gasteiger partial charge in [0.2, 0.25) is 0 Å². The van der Waals surface area contributed by atoms with E-state index in [9.17, 15) is 4.79 Å². The number of carbonyl (C=O) groups excluding carboxylic acids is 1. The van der Waals surface area contributed by atoms with Gasteiger partial charge in [0.25, 0.3) is 5.91 Å². The number of H-pyrrole nitrogens is 1. The quantitative estimate of drug-likeness (QED) is 0.448. The number of carbonyl (C=O) groups is 1. The van der Waals surface area contributed by atoms with Gasteiger partial charge in [-0.2, -0.15) is 5.10 Å². The monoisotopic (exact) mass is 410 g/mol. The highest BCUT2D eigenvalue weighted by atomic mass is 16.1. The summed E-state index contributed by atoms with van der Waals surface area (Å²) in [7, 11) is 0. The zero-order chi connectivity index (χ0) is 21.0. The number of pyridine rings is 1. The number of amides is 1. The fraction of sp³-hybridized carbons (Fsp3) is 0.167. The Kier molecular flexibility index (Phi) is 5.14. The van der Waals surface area contributed by atoms with Gasteiger partial charge in [-0.25, -0.2) is 4.98 Å². The minimum absolute atomic E-state index is 0.0648. The molecule has 1 aliphatic carbocycles. The molecular weight excluding hydrogens is 388 g/mol. The SMILES string of the molecule is O=C(NC1CCc2ccccc21)c1cccc(NCc2nc(-c3ccncc3)n[nH]2)c1. The molecule has 0 spiro atoms. The molecule has 0 saturated carbocycles. The molecule has 0 radical (unpaired) electrons. The van der Waals surface area contributed by atoms with E-state index in [1.165, 1.54) is 11.1 Å². The van der Waals surface area contributed by atoms with Crippen LogP contribution in [-0.2, 0) is 13.0 Å². The normalized spacial score (nSPS) is 14.8. The first kappa shape index (κ1) is 19.0. The molecule has 7 nitrogen and oxygen atoms in total. The summed E-state index contributed by atoms with van der Waals surface area (Å²) in [4.78, 5) is 21.3. The number of benzene rings is 2. The fourth-order valence-electron chi connectivity index (χ4n) is 3.91. The maximum absolute atomic E-state index is 12.8. The van der Waals surface area contributed by atoms with Crippen LogP contribution in [0, 0.1) is 0 Å². The number of hydrogen-bond donors (Lipinski definition) is 3. The van der Waals surface area contributed by atoms with Gasteiger partial charge < -0.3 is 10.6 Å². The highest BCUT2D eigenvalue weighted by Gasteiger charge is 2.23. The van der Waals surface area contributed by atoms with Crippen molar-refractivity contribution in [2.45, 2.75) is 25.4 Å². The molecule has 2 aromatic heterocycles. The molecule has 0 bridgehead atoms. The summed E-state index contributed by atoms with van der Waals surface area (Å²) in [6.45, 7) is 0.471. The second kappa shape index (κ2) is 8.39. The van der Waals surface area contributed by atoms with Gasteiger partial charge >= 0.3 is 0 Å². The van der Waals surface area contributed by atoms with Crippen LogP contribution in [0.1, 0.15) is 39.8 Å². The summed E-state index contributed by atoms with van der Waals surface area (Å²) in [5, 5.41) is 13.7. The third-order valence-corrected chi connectivity index (χ3v) is 5.49. The molecule has 0 aliphatic heterocycles. The molecule has 0 fully saturated rings. The van der Waals surface area contributed by atoms with Crippen molar-refractivity contribution in [3.63, 3.8) is 0 Å². The molecule has 1 atom stereocenters. The smallest absolute Gasteiger partial charge is 0.251 e. The molecule has 154 valence electrons. The number of aromatic nitrogens is 4. The Labute approximate surface area is 180 Å². The minimum atomic E-state index is -0.0648. The summed E-state index contributed by atoms with van der Waals surface area (Å²) in [6, 6.07) is 19.6. The maximum atomic E-state index is 12.8.